The maximum absolute atomic E-state index is 12.3. The van der Waals surface area contributed by atoms with Gasteiger partial charge in [-0.3, -0.25) is 4.79 Å². The minimum Gasteiger partial charge on any atom is -0.373 e. The van der Waals surface area contributed by atoms with E-state index in [0.29, 0.717) is 5.82 Å². The summed E-state index contributed by atoms with van der Waals surface area (Å²) in [7, 11) is 0. The molecule has 98 valence electrons. The predicted octanol–water partition coefficient (Wildman–Crippen LogP) is 2.62. The molecule has 0 aliphatic carbocycles. The number of ketones is 1. The van der Waals surface area contributed by atoms with Crippen molar-refractivity contribution in [1.82, 2.24) is 10.6 Å². The summed E-state index contributed by atoms with van der Waals surface area (Å²) in [6.45, 7) is 10.5. The molecule has 2 N–H and O–H groups in total. The van der Waals surface area contributed by atoms with Crippen LogP contribution in [0.25, 0.3) is 0 Å². The first-order chi connectivity index (χ1) is 8.56. The number of rotatable bonds is 7. The molecule has 1 atom stereocenters. The second-order valence-electron chi connectivity index (χ2n) is 4.55. The van der Waals surface area contributed by atoms with E-state index in [0.717, 1.165) is 12.1 Å². The molecule has 0 bridgehead atoms. The van der Waals surface area contributed by atoms with Gasteiger partial charge in [0.1, 0.15) is 6.04 Å². The average Bonchev–Trinajstić information content (AvgIpc) is 2.36. The third-order valence-electron chi connectivity index (χ3n) is 2.70. The highest BCUT2D eigenvalue weighted by atomic mass is 16.1. The van der Waals surface area contributed by atoms with Gasteiger partial charge in [0.15, 0.2) is 5.78 Å². The molecule has 0 radical (unpaired) electrons. The molecule has 3 nitrogen and oxygen atoms in total. The van der Waals surface area contributed by atoms with Crippen molar-refractivity contribution < 1.29 is 4.79 Å². The number of hydrogen-bond acceptors (Lipinski definition) is 3. The third kappa shape index (κ3) is 3.91. The molecular formula is C15H22N2O. The second-order valence-corrected chi connectivity index (χ2v) is 4.55. The lowest BCUT2D eigenvalue weighted by Crippen LogP contribution is -2.35. The van der Waals surface area contributed by atoms with Crippen LogP contribution in [0.2, 0.25) is 0 Å². The van der Waals surface area contributed by atoms with Crippen molar-refractivity contribution in [2.45, 2.75) is 26.8 Å². The number of carbonyl (C=O) groups excluding carboxylic acids is 1. The highest BCUT2D eigenvalue weighted by molar-refractivity contribution is 5.87. The first-order valence-electron chi connectivity index (χ1n) is 6.34. The van der Waals surface area contributed by atoms with Crippen LogP contribution in [0.4, 0.5) is 0 Å². The van der Waals surface area contributed by atoms with Crippen LogP contribution in [0, 0.1) is 5.92 Å². The van der Waals surface area contributed by atoms with Crippen LogP contribution in [-0.2, 0) is 4.79 Å². The molecular weight excluding hydrogens is 224 g/mol. The van der Waals surface area contributed by atoms with Crippen molar-refractivity contribution in [3.05, 3.63) is 48.3 Å². The van der Waals surface area contributed by atoms with Crippen LogP contribution in [0.5, 0.6) is 0 Å². The van der Waals surface area contributed by atoms with Gasteiger partial charge in [-0.2, -0.15) is 0 Å². The molecule has 0 aliphatic rings. The fraction of sp³-hybridized carbons (Fsp3) is 0.400. The van der Waals surface area contributed by atoms with Crippen molar-refractivity contribution in [3.8, 4) is 0 Å². The zero-order valence-electron chi connectivity index (χ0n) is 11.4. The minimum absolute atomic E-state index is 0.0165. The van der Waals surface area contributed by atoms with Crippen LogP contribution in [0.1, 0.15) is 32.4 Å². The molecule has 0 fully saturated rings. The number of hydrogen-bond donors (Lipinski definition) is 2. The van der Waals surface area contributed by atoms with E-state index in [9.17, 15) is 4.79 Å². The summed E-state index contributed by atoms with van der Waals surface area (Å²) in [4.78, 5) is 12.3. The van der Waals surface area contributed by atoms with Crippen LogP contribution in [-0.4, -0.2) is 12.3 Å². The Morgan fingerprint density at radius 2 is 1.89 bits per heavy atom. The Labute approximate surface area is 109 Å². The third-order valence-corrected chi connectivity index (χ3v) is 2.70. The molecule has 0 unspecified atom stereocenters. The molecule has 0 saturated carbocycles. The first kappa shape index (κ1) is 14.3. The van der Waals surface area contributed by atoms with E-state index in [2.05, 4.69) is 17.2 Å². The van der Waals surface area contributed by atoms with E-state index in [1.54, 1.807) is 0 Å². The monoisotopic (exact) mass is 246 g/mol. The van der Waals surface area contributed by atoms with E-state index in [1.807, 2.05) is 51.1 Å². The van der Waals surface area contributed by atoms with E-state index in [1.165, 1.54) is 0 Å². The van der Waals surface area contributed by atoms with Gasteiger partial charge in [-0.1, -0.05) is 50.8 Å². The fourth-order valence-electron chi connectivity index (χ4n) is 1.74. The fourth-order valence-corrected chi connectivity index (χ4v) is 1.74. The molecule has 1 aromatic carbocycles. The van der Waals surface area contributed by atoms with Gasteiger partial charge in [0, 0.05) is 12.5 Å². The van der Waals surface area contributed by atoms with Crippen LogP contribution >= 0.6 is 0 Å². The molecule has 0 aliphatic heterocycles. The van der Waals surface area contributed by atoms with Crippen molar-refractivity contribution in [1.29, 1.82) is 0 Å². The second kappa shape index (κ2) is 6.84. The largest absolute Gasteiger partial charge is 0.373 e. The van der Waals surface area contributed by atoms with Crippen LogP contribution in [0.15, 0.2) is 42.7 Å². The average molecular weight is 246 g/mol. The van der Waals surface area contributed by atoms with Gasteiger partial charge in [0.2, 0.25) is 0 Å². The first-order valence-corrected chi connectivity index (χ1v) is 6.34. The highest BCUT2D eigenvalue weighted by Gasteiger charge is 2.22. The Kier molecular flexibility index (Phi) is 5.43. The number of Topliss-reactive ketones (excluding diaryl/α,β-unsaturated/α-hetero) is 1. The van der Waals surface area contributed by atoms with Gasteiger partial charge in [-0.25, -0.2) is 0 Å². The Morgan fingerprint density at radius 3 is 2.39 bits per heavy atom. The zero-order chi connectivity index (χ0) is 13.5. The topological polar surface area (TPSA) is 41.1 Å². The summed E-state index contributed by atoms with van der Waals surface area (Å²) >= 11 is 0. The van der Waals surface area contributed by atoms with E-state index >= 15 is 0 Å². The number of nitrogens with one attached hydrogen (secondary N) is 2. The molecule has 1 rings (SSSR count). The summed E-state index contributed by atoms with van der Waals surface area (Å²) in [5.74, 6) is 0.831. The predicted molar refractivity (Wildman–Crippen MR) is 75.0 cm³/mol. The lowest BCUT2D eigenvalue weighted by molar-refractivity contribution is -0.124. The Bertz CT molecular complexity index is 398. The van der Waals surface area contributed by atoms with E-state index in [4.69, 9.17) is 0 Å². The quantitative estimate of drug-likeness (QED) is 0.777. The normalized spacial score (nSPS) is 12.0. The van der Waals surface area contributed by atoms with Gasteiger partial charge < -0.3 is 10.6 Å². The molecule has 0 heterocycles. The number of carbonyl (C=O) groups is 1. The van der Waals surface area contributed by atoms with E-state index in [-0.39, 0.29) is 17.7 Å². The van der Waals surface area contributed by atoms with Gasteiger partial charge in [0.05, 0.1) is 5.82 Å². The maximum Gasteiger partial charge on any atom is 0.162 e. The molecule has 3 heteroatoms. The van der Waals surface area contributed by atoms with Gasteiger partial charge in [-0.05, 0) is 12.5 Å². The lowest BCUT2D eigenvalue weighted by Gasteiger charge is -2.22. The SMILES string of the molecule is C=C(NCC)N[C@@H](C(=O)C(C)C)c1ccccc1. The zero-order valence-corrected chi connectivity index (χ0v) is 11.4. The Hall–Kier alpha value is -1.77. The summed E-state index contributed by atoms with van der Waals surface area (Å²) < 4.78 is 0. The van der Waals surface area contributed by atoms with Gasteiger partial charge >= 0.3 is 0 Å². The Morgan fingerprint density at radius 1 is 1.28 bits per heavy atom. The summed E-state index contributed by atoms with van der Waals surface area (Å²) in [5, 5.41) is 6.24. The van der Waals surface area contributed by atoms with Crippen LogP contribution in [0.3, 0.4) is 0 Å². The van der Waals surface area contributed by atoms with Gasteiger partial charge in [-0.15, -0.1) is 0 Å². The lowest BCUT2D eigenvalue weighted by atomic mass is 9.95. The molecule has 1 aromatic rings. The molecule has 0 saturated heterocycles. The maximum atomic E-state index is 12.3. The molecule has 0 aromatic heterocycles. The van der Waals surface area contributed by atoms with Crippen LogP contribution < -0.4 is 10.6 Å². The van der Waals surface area contributed by atoms with Crippen molar-refractivity contribution in [2.24, 2.45) is 5.92 Å². The Balaban J connectivity index is 2.89. The summed E-state index contributed by atoms with van der Waals surface area (Å²) in [6, 6.07) is 9.40. The molecule has 18 heavy (non-hydrogen) atoms. The molecule has 0 spiro atoms. The summed E-state index contributed by atoms with van der Waals surface area (Å²) in [6.07, 6.45) is 0. The molecule has 0 amide bonds. The smallest absolute Gasteiger partial charge is 0.162 e. The number of benzene rings is 1. The van der Waals surface area contributed by atoms with E-state index < -0.39 is 0 Å². The standard InChI is InChI=1S/C15H22N2O/c1-5-16-12(4)17-14(15(18)11(2)3)13-9-7-6-8-10-13/h6-11,14,16-17H,4-5H2,1-3H3/t14-/m1/s1. The highest BCUT2D eigenvalue weighted by Crippen LogP contribution is 2.18. The summed E-state index contributed by atoms with van der Waals surface area (Å²) in [5.41, 5.74) is 0.968. The van der Waals surface area contributed by atoms with Crippen molar-refractivity contribution >= 4 is 5.78 Å². The minimum atomic E-state index is -0.335. The van der Waals surface area contributed by atoms with Crippen molar-refractivity contribution in [3.63, 3.8) is 0 Å². The van der Waals surface area contributed by atoms with Crippen molar-refractivity contribution in [2.75, 3.05) is 6.54 Å². The van der Waals surface area contributed by atoms with Gasteiger partial charge in [0.25, 0.3) is 0 Å².